The van der Waals surface area contributed by atoms with Crippen LogP contribution in [0.2, 0.25) is 0 Å². The average Bonchev–Trinajstić information content (AvgIpc) is 2.88. The van der Waals surface area contributed by atoms with Crippen LogP contribution in [-0.4, -0.2) is 54.4 Å². The largest absolute Gasteiger partial charge is 0.367 e. The van der Waals surface area contributed by atoms with Gasteiger partial charge in [-0.2, -0.15) is 4.98 Å². The van der Waals surface area contributed by atoms with Crippen LogP contribution in [0.25, 0.3) is 0 Å². The van der Waals surface area contributed by atoms with Crippen LogP contribution < -0.4 is 5.32 Å². The summed E-state index contributed by atoms with van der Waals surface area (Å²) >= 11 is 0. The minimum absolute atomic E-state index is 0.0460. The van der Waals surface area contributed by atoms with E-state index in [1.807, 2.05) is 0 Å². The molecule has 0 bridgehead atoms. The van der Waals surface area contributed by atoms with Gasteiger partial charge in [0.05, 0.1) is 6.61 Å². The first kappa shape index (κ1) is 13.5. The number of likely N-dealkylation sites (N-methyl/N-ethyl adjacent to an activating group) is 2. The van der Waals surface area contributed by atoms with Crippen molar-refractivity contribution in [3.8, 4) is 0 Å². The van der Waals surface area contributed by atoms with E-state index in [1.165, 1.54) is 0 Å². The number of hydrogen-bond acceptors (Lipinski definition) is 6. The number of morpholine rings is 1. The van der Waals surface area contributed by atoms with Crippen molar-refractivity contribution in [2.45, 2.75) is 26.4 Å². The summed E-state index contributed by atoms with van der Waals surface area (Å²) in [6, 6.07) is 0. The zero-order valence-corrected chi connectivity index (χ0v) is 11.2. The maximum Gasteiger partial charge on any atom is 0.228 e. The summed E-state index contributed by atoms with van der Waals surface area (Å²) in [5.74, 6) is 1.36. The molecule has 0 amide bonds. The molecular formula is C12H22N4O2. The van der Waals surface area contributed by atoms with Crippen LogP contribution in [0, 0.1) is 0 Å². The lowest BCUT2D eigenvalue weighted by Gasteiger charge is -2.30. The number of hydrogen-bond donors (Lipinski definition) is 1. The van der Waals surface area contributed by atoms with Gasteiger partial charge in [0.25, 0.3) is 0 Å². The molecule has 18 heavy (non-hydrogen) atoms. The van der Waals surface area contributed by atoms with Crippen molar-refractivity contribution in [1.82, 2.24) is 20.4 Å². The van der Waals surface area contributed by atoms with Crippen LogP contribution in [0.3, 0.4) is 0 Å². The van der Waals surface area contributed by atoms with Gasteiger partial charge in [-0.25, -0.2) is 0 Å². The van der Waals surface area contributed by atoms with E-state index < -0.39 is 0 Å². The molecule has 6 heteroatoms. The van der Waals surface area contributed by atoms with E-state index in [0.717, 1.165) is 45.8 Å². The second kappa shape index (κ2) is 6.82. The van der Waals surface area contributed by atoms with Gasteiger partial charge in [0.2, 0.25) is 11.7 Å². The summed E-state index contributed by atoms with van der Waals surface area (Å²) in [5, 5.41) is 7.26. The minimum Gasteiger partial charge on any atom is -0.367 e. The Morgan fingerprint density at radius 1 is 1.44 bits per heavy atom. The maximum atomic E-state index is 5.69. The molecule has 0 spiro atoms. The molecular weight excluding hydrogens is 232 g/mol. The predicted molar refractivity (Wildman–Crippen MR) is 67.4 cm³/mol. The van der Waals surface area contributed by atoms with Crippen molar-refractivity contribution < 1.29 is 9.26 Å². The molecule has 0 saturated carbocycles. The van der Waals surface area contributed by atoms with Gasteiger partial charge in [0.1, 0.15) is 6.10 Å². The summed E-state index contributed by atoms with van der Waals surface area (Å²) < 4.78 is 10.9. The Hall–Kier alpha value is -0.980. The van der Waals surface area contributed by atoms with E-state index in [-0.39, 0.29) is 6.10 Å². The summed E-state index contributed by atoms with van der Waals surface area (Å²) in [7, 11) is 0. The van der Waals surface area contributed by atoms with Gasteiger partial charge >= 0.3 is 0 Å². The zero-order valence-electron chi connectivity index (χ0n) is 11.2. The maximum absolute atomic E-state index is 5.69. The molecule has 1 aromatic heterocycles. The van der Waals surface area contributed by atoms with Crippen molar-refractivity contribution in [2.24, 2.45) is 0 Å². The van der Waals surface area contributed by atoms with Gasteiger partial charge in [0, 0.05) is 26.1 Å². The fourth-order valence-electron chi connectivity index (χ4n) is 2.02. The quantitative estimate of drug-likeness (QED) is 0.751. The number of aromatic nitrogens is 2. The lowest BCUT2D eigenvalue weighted by molar-refractivity contribution is -0.0334. The second-order valence-corrected chi connectivity index (χ2v) is 4.40. The molecule has 1 aliphatic heterocycles. The van der Waals surface area contributed by atoms with Crippen LogP contribution in [0.4, 0.5) is 0 Å². The van der Waals surface area contributed by atoms with Gasteiger partial charge in [-0.05, 0) is 13.1 Å². The molecule has 1 fully saturated rings. The van der Waals surface area contributed by atoms with Crippen LogP contribution in [-0.2, 0) is 11.2 Å². The third-order valence-corrected chi connectivity index (χ3v) is 3.14. The highest BCUT2D eigenvalue weighted by Gasteiger charge is 2.25. The highest BCUT2D eigenvalue weighted by molar-refractivity contribution is 4.94. The topological polar surface area (TPSA) is 63.4 Å². The number of rotatable bonds is 6. The Kier molecular flexibility index (Phi) is 5.10. The third kappa shape index (κ3) is 3.51. The fourth-order valence-corrected chi connectivity index (χ4v) is 2.02. The molecule has 0 radical (unpaired) electrons. The summed E-state index contributed by atoms with van der Waals surface area (Å²) in [5.41, 5.74) is 0. The van der Waals surface area contributed by atoms with Gasteiger partial charge < -0.3 is 14.6 Å². The fraction of sp³-hybridized carbons (Fsp3) is 0.833. The Morgan fingerprint density at radius 3 is 3.11 bits per heavy atom. The average molecular weight is 254 g/mol. The first-order chi connectivity index (χ1) is 8.83. The molecule has 1 aromatic rings. The Morgan fingerprint density at radius 2 is 2.33 bits per heavy atom. The molecule has 1 unspecified atom stereocenters. The van der Waals surface area contributed by atoms with Gasteiger partial charge in [-0.3, -0.25) is 4.90 Å². The van der Waals surface area contributed by atoms with Gasteiger partial charge in [0.15, 0.2) is 0 Å². The molecule has 2 rings (SSSR count). The lowest BCUT2D eigenvalue weighted by Crippen LogP contribution is -2.38. The monoisotopic (exact) mass is 254 g/mol. The smallest absolute Gasteiger partial charge is 0.228 e. The first-order valence-corrected chi connectivity index (χ1v) is 6.70. The number of nitrogens with one attached hydrogen (secondary N) is 1. The molecule has 1 N–H and O–H groups in total. The lowest BCUT2D eigenvalue weighted by atomic mass is 10.2. The molecule has 6 nitrogen and oxygen atoms in total. The molecule has 102 valence electrons. The van der Waals surface area contributed by atoms with E-state index in [9.17, 15) is 0 Å². The predicted octanol–water partition coefficient (Wildman–Crippen LogP) is 0.615. The highest BCUT2D eigenvalue weighted by Crippen LogP contribution is 2.19. The Balaban J connectivity index is 1.88. The summed E-state index contributed by atoms with van der Waals surface area (Å²) in [6.07, 6.45) is 0.723. The van der Waals surface area contributed by atoms with Crippen LogP contribution in [0.15, 0.2) is 4.52 Å². The molecule has 1 aliphatic rings. The van der Waals surface area contributed by atoms with Crippen molar-refractivity contribution in [2.75, 3.05) is 39.3 Å². The summed E-state index contributed by atoms with van der Waals surface area (Å²) in [6.45, 7) is 9.66. The summed E-state index contributed by atoms with van der Waals surface area (Å²) in [4.78, 5) is 6.74. The molecule has 0 aliphatic carbocycles. The normalized spacial score (nSPS) is 21.3. The van der Waals surface area contributed by atoms with Gasteiger partial charge in [-0.15, -0.1) is 0 Å². The third-order valence-electron chi connectivity index (χ3n) is 3.14. The van der Waals surface area contributed by atoms with E-state index >= 15 is 0 Å². The highest BCUT2D eigenvalue weighted by atomic mass is 16.5. The van der Waals surface area contributed by atoms with Crippen LogP contribution in [0.5, 0.6) is 0 Å². The van der Waals surface area contributed by atoms with Crippen molar-refractivity contribution >= 4 is 0 Å². The van der Waals surface area contributed by atoms with E-state index in [1.54, 1.807) is 0 Å². The molecule has 1 saturated heterocycles. The Labute approximate surface area is 108 Å². The Bertz CT molecular complexity index is 356. The van der Waals surface area contributed by atoms with E-state index in [4.69, 9.17) is 9.26 Å². The van der Waals surface area contributed by atoms with Crippen molar-refractivity contribution in [1.29, 1.82) is 0 Å². The van der Waals surface area contributed by atoms with E-state index in [0.29, 0.717) is 11.7 Å². The number of ether oxygens (including phenoxy) is 1. The SMILES string of the molecule is CCNCCc1nc(C2CN(CC)CCO2)no1. The zero-order chi connectivity index (χ0) is 12.8. The van der Waals surface area contributed by atoms with Crippen molar-refractivity contribution in [3.63, 3.8) is 0 Å². The van der Waals surface area contributed by atoms with Crippen molar-refractivity contribution in [3.05, 3.63) is 11.7 Å². The molecule has 2 heterocycles. The van der Waals surface area contributed by atoms with E-state index in [2.05, 4.69) is 34.2 Å². The van der Waals surface area contributed by atoms with Crippen LogP contribution >= 0.6 is 0 Å². The first-order valence-electron chi connectivity index (χ1n) is 6.70. The minimum atomic E-state index is -0.0460. The standard InChI is InChI=1S/C12H22N4O2/c1-3-13-6-5-11-14-12(15-18-11)10-9-16(4-2)7-8-17-10/h10,13H,3-9H2,1-2H3. The number of nitrogens with zero attached hydrogens (tertiary/aromatic N) is 3. The molecule has 0 aromatic carbocycles. The van der Waals surface area contributed by atoms with Crippen LogP contribution in [0.1, 0.15) is 31.7 Å². The van der Waals surface area contributed by atoms with Gasteiger partial charge in [-0.1, -0.05) is 19.0 Å². The molecule has 1 atom stereocenters. The second-order valence-electron chi connectivity index (χ2n) is 4.40.